The number of nitrogens with zero attached hydrogens (tertiary/aromatic N) is 1. The number of rotatable bonds is 5. The molecular weight excluding hydrogens is 290 g/mol. The summed E-state index contributed by atoms with van der Waals surface area (Å²) < 4.78 is 21.6. The molecule has 0 N–H and O–H groups in total. The molecule has 1 aliphatic heterocycles. The quantitative estimate of drug-likeness (QED) is 0.470. The first-order valence-corrected chi connectivity index (χ1v) is 7.18. The standard InChI is InChI=1S/C15H19NO6/c1-19-11-5-4-8(14(20-2)15(11)21-3)9-6-12-13(22-12)7-10(9)16(17)18/h4-5,9-10,12-13H,6-7H2,1-3H3/t9-,10+,12+,13-/m0/s1. The average molecular weight is 309 g/mol. The van der Waals surface area contributed by atoms with Gasteiger partial charge in [-0.25, -0.2) is 0 Å². The van der Waals surface area contributed by atoms with Crippen molar-refractivity contribution in [3.63, 3.8) is 0 Å². The lowest BCUT2D eigenvalue weighted by atomic mass is 9.79. The number of epoxide rings is 1. The molecule has 7 heteroatoms. The molecule has 0 aromatic heterocycles. The summed E-state index contributed by atoms with van der Waals surface area (Å²) in [5.41, 5.74) is 0.774. The molecule has 0 unspecified atom stereocenters. The van der Waals surface area contributed by atoms with Crippen LogP contribution >= 0.6 is 0 Å². The molecule has 1 aromatic carbocycles. The third kappa shape index (κ3) is 2.35. The van der Waals surface area contributed by atoms with E-state index in [0.717, 1.165) is 5.56 Å². The fourth-order valence-electron chi connectivity index (χ4n) is 3.39. The van der Waals surface area contributed by atoms with E-state index in [1.54, 1.807) is 13.2 Å². The molecule has 120 valence electrons. The molecule has 0 spiro atoms. The van der Waals surface area contributed by atoms with Gasteiger partial charge in [-0.1, -0.05) is 6.07 Å². The normalized spacial score (nSPS) is 29.4. The van der Waals surface area contributed by atoms with E-state index in [4.69, 9.17) is 18.9 Å². The summed E-state index contributed by atoms with van der Waals surface area (Å²) in [6.45, 7) is 0. The Labute approximate surface area is 128 Å². The zero-order valence-electron chi connectivity index (χ0n) is 12.8. The molecule has 0 amide bonds. The Morgan fingerprint density at radius 3 is 2.36 bits per heavy atom. The SMILES string of the molecule is COc1ccc([C@@H]2C[C@H]3O[C@H]3C[C@H]2[N+](=O)[O-])c(OC)c1OC. The number of fused-ring (bicyclic) bond motifs is 1. The minimum absolute atomic E-state index is 0.0396. The molecule has 4 atom stereocenters. The fraction of sp³-hybridized carbons (Fsp3) is 0.600. The van der Waals surface area contributed by atoms with E-state index in [9.17, 15) is 10.1 Å². The minimum Gasteiger partial charge on any atom is -0.493 e. The first-order valence-electron chi connectivity index (χ1n) is 7.18. The van der Waals surface area contributed by atoms with Crippen molar-refractivity contribution in [2.75, 3.05) is 21.3 Å². The number of ether oxygens (including phenoxy) is 4. The fourth-order valence-corrected chi connectivity index (χ4v) is 3.39. The highest BCUT2D eigenvalue weighted by Gasteiger charge is 2.54. The van der Waals surface area contributed by atoms with Crippen molar-refractivity contribution in [2.24, 2.45) is 0 Å². The lowest BCUT2D eigenvalue weighted by molar-refractivity contribution is -0.529. The molecule has 7 nitrogen and oxygen atoms in total. The monoisotopic (exact) mass is 309 g/mol. The van der Waals surface area contributed by atoms with Gasteiger partial charge in [0, 0.05) is 16.9 Å². The highest BCUT2D eigenvalue weighted by molar-refractivity contribution is 5.57. The summed E-state index contributed by atoms with van der Waals surface area (Å²) in [5.74, 6) is 1.24. The smallest absolute Gasteiger partial charge is 0.222 e. The van der Waals surface area contributed by atoms with Crippen LogP contribution in [0.5, 0.6) is 17.2 Å². The lowest BCUT2D eigenvalue weighted by Crippen LogP contribution is -2.34. The van der Waals surface area contributed by atoms with Gasteiger partial charge in [-0.15, -0.1) is 0 Å². The number of benzene rings is 1. The van der Waals surface area contributed by atoms with Gasteiger partial charge in [0.05, 0.1) is 39.5 Å². The summed E-state index contributed by atoms with van der Waals surface area (Å²) >= 11 is 0. The van der Waals surface area contributed by atoms with Crippen molar-refractivity contribution in [3.8, 4) is 17.2 Å². The van der Waals surface area contributed by atoms with Crippen molar-refractivity contribution in [2.45, 2.75) is 37.0 Å². The molecule has 0 radical (unpaired) electrons. The number of hydrogen-bond donors (Lipinski definition) is 0. The van der Waals surface area contributed by atoms with E-state index < -0.39 is 6.04 Å². The molecule has 1 heterocycles. The van der Waals surface area contributed by atoms with E-state index in [1.165, 1.54) is 14.2 Å². The van der Waals surface area contributed by atoms with Gasteiger partial charge in [-0.2, -0.15) is 0 Å². The van der Waals surface area contributed by atoms with Gasteiger partial charge in [-0.3, -0.25) is 10.1 Å². The van der Waals surface area contributed by atoms with Crippen LogP contribution in [-0.2, 0) is 4.74 Å². The molecule has 3 rings (SSSR count). The highest BCUT2D eigenvalue weighted by Crippen LogP contribution is 2.50. The zero-order chi connectivity index (χ0) is 15.9. The maximum absolute atomic E-state index is 11.4. The van der Waals surface area contributed by atoms with Crippen molar-refractivity contribution in [1.82, 2.24) is 0 Å². The maximum Gasteiger partial charge on any atom is 0.222 e. The van der Waals surface area contributed by atoms with Gasteiger partial charge in [0.1, 0.15) is 0 Å². The summed E-state index contributed by atoms with van der Waals surface area (Å²) in [7, 11) is 4.59. The van der Waals surface area contributed by atoms with Crippen LogP contribution in [0.15, 0.2) is 12.1 Å². The molecule has 2 aliphatic rings. The Balaban J connectivity index is 2.03. The summed E-state index contributed by atoms with van der Waals surface area (Å²) in [4.78, 5) is 11.2. The molecule has 22 heavy (non-hydrogen) atoms. The minimum atomic E-state index is -0.671. The molecule has 0 bridgehead atoms. The number of hydrogen-bond acceptors (Lipinski definition) is 6. The van der Waals surface area contributed by atoms with Crippen LogP contribution in [0.1, 0.15) is 24.3 Å². The Kier molecular flexibility index (Phi) is 3.82. The molecule has 1 aliphatic carbocycles. The summed E-state index contributed by atoms with van der Waals surface area (Å²) in [6.07, 6.45) is 1.24. The van der Waals surface area contributed by atoms with E-state index in [-0.39, 0.29) is 23.0 Å². The molecule has 1 aromatic rings. The van der Waals surface area contributed by atoms with E-state index in [1.807, 2.05) is 6.07 Å². The van der Waals surface area contributed by atoms with Crippen molar-refractivity contribution in [1.29, 1.82) is 0 Å². The van der Waals surface area contributed by atoms with E-state index in [0.29, 0.717) is 30.1 Å². The Bertz CT molecular complexity index is 590. The van der Waals surface area contributed by atoms with E-state index >= 15 is 0 Å². The van der Waals surface area contributed by atoms with Crippen molar-refractivity contribution < 1.29 is 23.9 Å². The largest absolute Gasteiger partial charge is 0.493 e. The van der Waals surface area contributed by atoms with Gasteiger partial charge in [-0.05, 0) is 12.5 Å². The van der Waals surface area contributed by atoms with Crippen LogP contribution in [0, 0.1) is 10.1 Å². The number of nitro groups is 1. The highest BCUT2D eigenvalue weighted by atomic mass is 16.6. The Hall–Kier alpha value is -2.02. The van der Waals surface area contributed by atoms with Gasteiger partial charge in [0.15, 0.2) is 11.5 Å². The van der Waals surface area contributed by atoms with Crippen molar-refractivity contribution >= 4 is 0 Å². The van der Waals surface area contributed by atoms with Crippen molar-refractivity contribution in [3.05, 3.63) is 27.8 Å². The summed E-state index contributed by atoms with van der Waals surface area (Å²) in [5, 5.41) is 11.4. The molecule has 1 saturated heterocycles. The molecule has 2 fully saturated rings. The first-order chi connectivity index (χ1) is 10.6. The van der Waals surface area contributed by atoms with Crippen LogP contribution in [0.2, 0.25) is 0 Å². The third-order valence-electron chi connectivity index (χ3n) is 4.52. The predicted molar refractivity (Wildman–Crippen MR) is 77.5 cm³/mol. The molecular formula is C15H19NO6. The zero-order valence-corrected chi connectivity index (χ0v) is 12.8. The topological polar surface area (TPSA) is 83.4 Å². The van der Waals surface area contributed by atoms with Crippen LogP contribution in [-0.4, -0.2) is 44.5 Å². The van der Waals surface area contributed by atoms with Gasteiger partial charge in [0.2, 0.25) is 11.8 Å². The maximum atomic E-state index is 11.4. The first kappa shape index (κ1) is 14.9. The second-order valence-corrected chi connectivity index (χ2v) is 5.57. The molecule has 1 saturated carbocycles. The Morgan fingerprint density at radius 2 is 1.77 bits per heavy atom. The van der Waals surface area contributed by atoms with Crippen LogP contribution in [0.25, 0.3) is 0 Å². The van der Waals surface area contributed by atoms with Crippen LogP contribution < -0.4 is 14.2 Å². The van der Waals surface area contributed by atoms with Crippen LogP contribution in [0.4, 0.5) is 0 Å². The van der Waals surface area contributed by atoms with Crippen LogP contribution in [0.3, 0.4) is 0 Å². The second kappa shape index (κ2) is 5.64. The van der Waals surface area contributed by atoms with Gasteiger partial charge >= 0.3 is 0 Å². The Morgan fingerprint density at radius 1 is 1.09 bits per heavy atom. The number of methoxy groups -OCH3 is 3. The lowest BCUT2D eigenvalue weighted by Gasteiger charge is -2.26. The average Bonchev–Trinajstić information content (AvgIpc) is 3.30. The van der Waals surface area contributed by atoms with Gasteiger partial charge in [0.25, 0.3) is 0 Å². The summed E-state index contributed by atoms with van der Waals surface area (Å²) in [6, 6.07) is 2.91. The third-order valence-corrected chi connectivity index (χ3v) is 4.52. The predicted octanol–water partition coefficient (Wildman–Crippen LogP) is 2.00. The second-order valence-electron chi connectivity index (χ2n) is 5.57. The van der Waals surface area contributed by atoms with E-state index in [2.05, 4.69) is 0 Å². The van der Waals surface area contributed by atoms with Gasteiger partial charge < -0.3 is 18.9 Å².